The normalized spacial score (nSPS) is 12.2. The molecule has 1 atom stereocenters. The number of ketones is 2. The maximum absolute atomic E-state index is 11.8. The van der Waals surface area contributed by atoms with Crippen LogP contribution in [0.15, 0.2) is 0 Å². The molecule has 0 bridgehead atoms. The average Bonchev–Trinajstić information content (AvgIpc) is 2.64. The van der Waals surface area contributed by atoms with Crippen LogP contribution < -0.4 is 5.73 Å². The summed E-state index contributed by atoms with van der Waals surface area (Å²) in [7, 11) is 0. The highest BCUT2D eigenvalue weighted by atomic mass is 16.5. The molecule has 7 nitrogen and oxygen atoms in total. The summed E-state index contributed by atoms with van der Waals surface area (Å²) in [5.74, 6) is 0.213. The van der Waals surface area contributed by atoms with Crippen molar-refractivity contribution >= 4 is 17.5 Å². The zero-order chi connectivity index (χ0) is 20.7. The van der Waals surface area contributed by atoms with Crippen LogP contribution in [0.5, 0.6) is 0 Å². The van der Waals surface area contributed by atoms with Gasteiger partial charge in [0.25, 0.3) is 5.91 Å². The Labute approximate surface area is 163 Å². The highest BCUT2D eigenvalue weighted by Gasteiger charge is 2.19. The Kier molecular flexibility index (Phi) is 15.0. The van der Waals surface area contributed by atoms with Gasteiger partial charge in [-0.2, -0.15) is 0 Å². The van der Waals surface area contributed by atoms with E-state index in [1.165, 1.54) is 6.42 Å². The van der Waals surface area contributed by atoms with Crippen LogP contribution in [0.1, 0.15) is 84.5 Å². The van der Waals surface area contributed by atoms with Crippen molar-refractivity contribution in [3.05, 3.63) is 0 Å². The summed E-state index contributed by atoms with van der Waals surface area (Å²) < 4.78 is 0. The largest absolute Gasteiger partial charge is 0.394 e. The second-order valence-electron chi connectivity index (χ2n) is 7.63. The fourth-order valence-electron chi connectivity index (χ4n) is 2.73. The maximum Gasteiger partial charge on any atom is 0.265 e. The molecule has 0 aliphatic rings. The molecule has 0 heterocycles. The number of aliphatic hydroxyl groups excluding tert-OH is 1. The lowest BCUT2D eigenvalue weighted by molar-refractivity contribution is -0.168. The number of Topliss-reactive ketones (excluding diaryl/α,β-unsaturated/α-hetero) is 2. The second kappa shape index (κ2) is 15.7. The SMILES string of the molecule is CC(C)CCCCC(=O)CCCCCCC(=O)CCN(O)C(=O)C(N)CO. The van der Waals surface area contributed by atoms with E-state index >= 15 is 0 Å². The number of aliphatic hydroxyl groups is 1. The molecule has 0 rings (SSSR count). The van der Waals surface area contributed by atoms with Crippen molar-refractivity contribution in [3.8, 4) is 0 Å². The van der Waals surface area contributed by atoms with E-state index in [4.69, 9.17) is 10.8 Å². The summed E-state index contributed by atoms with van der Waals surface area (Å²) in [6.07, 6.45) is 8.50. The minimum atomic E-state index is -1.16. The predicted molar refractivity (Wildman–Crippen MR) is 104 cm³/mol. The number of nitrogens with zero attached hydrogens (tertiary/aromatic N) is 1. The Balaban J connectivity index is 3.60. The van der Waals surface area contributed by atoms with Gasteiger partial charge in [0.05, 0.1) is 13.2 Å². The highest BCUT2D eigenvalue weighted by molar-refractivity contribution is 5.82. The number of unbranched alkanes of at least 4 members (excludes halogenated alkanes) is 4. The Morgan fingerprint density at radius 2 is 1.33 bits per heavy atom. The maximum atomic E-state index is 11.8. The van der Waals surface area contributed by atoms with Crippen LogP contribution in [-0.2, 0) is 14.4 Å². The Hall–Kier alpha value is -1.31. The second-order valence-corrected chi connectivity index (χ2v) is 7.63. The van der Waals surface area contributed by atoms with E-state index in [2.05, 4.69) is 13.8 Å². The highest BCUT2D eigenvalue weighted by Crippen LogP contribution is 2.12. The molecule has 0 saturated heterocycles. The third-order valence-electron chi connectivity index (χ3n) is 4.52. The smallest absolute Gasteiger partial charge is 0.265 e. The van der Waals surface area contributed by atoms with Gasteiger partial charge < -0.3 is 10.8 Å². The number of hydrogen-bond acceptors (Lipinski definition) is 6. The quantitative estimate of drug-likeness (QED) is 0.201. The fourth-order valence-corrected chi connectivity index (χ4v) is 2.73. The first kappa shape index (κ1) is 25.7. The molecule has 0 fully saturated rings. The lowest BCUT2D eigenvalue weighted by atomic mass is 10.0. The number of rotatable bonds is 17. The summed E-state index contributed by atoms with van der Waals surface area (Å²) in [6.45, 7) is 3.72. The third-order valence-corrected chi connectivity index (χ3v) is 4.52. The molecule has 0 aromatic heterocycles. The summed E-state index contributed by atoms with van der Waals surface area (Å²) in [6, 6.07) is -1.16. The van der Waals surface area contributed by atoms with Crippen LogP contribution in [0.25, 0.3) is 0 Å². The number of nitrogens with two attached hydrogens (primary N) is 1. The van der Waals surface area contributed by atoms with Crippen molar-refractivity contribution in [2.75, 3.05) is 13.2 Å². The molecule has 158 valence electrons. The first-order chi connectivity index (χ1) is 12.8. The van der Waals surface area contributed by atoms with Gasteiger partial charge in [0.2, 0.25) is 0 Å². The van der Waals surface area contributed by atoms with Crippen molar-refractivity contribution in [2.24, 2.45) is 11.7 Å². The van der Waals surface area contributed by atoms with Crippen LogP contribution in [0.4, 0.5) is 0 Å². The van der Waals surface area contributed by atoms with Gasteiger partial charge in [-0.15, -0.1) is 0 Å². The minimum Gasteiger partial charge on any atom is -0.394 e. The molecule has 27 heavy (non-hydrogen) atoms. The van der Waals surface area contributed by atoms with Crippen LogP contribution in [0.3, 0.4) is 0 Å². The van der Waals surface area contributed by atoms with E-state index in [-0.39, 0.29) is 18.7 Å². The topological polar surface area (TPSA) is 121 Å². The van der Waals surface area contributed by atoms with Crippen molar-refractivity contribution in [2.45, 2.75) is 90.5 Å². The molecule has 0 spiro atoms. The van der Waals surface area contributed by atoms with E-state index in [1.54, 1.807) is 0 Å². The lowest BCUT2D eigenvalue weighted by Crippen LogP contribution is -2.44. The molecular formula is C20H38N2O5. The van der Waals surface area contributed by atoms with Gasteiger partial charge >= 0.3 is 0 Å². The molecule has 0 aliphatic carbocycles. The molecule has 0 saturated carbocycles. The summed E-state index contributed by atoms with van der Waals surface area (Å²) in [5.41, 5.74) is 5.31. The van der Waals surface area contributed by atoms with E-state index in [0.717, 1.165) is 38.5 Å². The zero-order valence-electron chi connectivity index (χ0n) is 17.0. The molecule has 0 radical (unpaired) electrons. The first-order valence-electron chi connectivity index (χ1n) is 10.2. The van der Waals surface area contributed by atoms with Gasteiger partial charge in [-0.1, -0.05) is 39.5 Å². The number of hydroxylamine groups is 2. The van der Waals surface area contributed by atoms with Gasteiger partial charge in [0, 0.05) is 25.7 Å². The van der Waals surface area contributed by atoms with Gasteiger partial charge in [0.1, 0.15) is 17.6 Å². The Bertz CT molecular complexity index is 440. The Morgan fingerprint density at radius 1 is 0.852 bits per heavy atom. The average molecular weight is 387 g/mol. The summed E-state index contributed by atoms with van der Waals surface area (Å²) in [5, 5.41) is 18.6. The molecule has 1 amide bonds. The van der Waals surface area contributed by atoms with Crippen LogP contribution in [0, 0.1) is 5.92 Å². The van der Waals surface area contributed by atoms with Gasteiger partial charge in [-0.05, 0) is 25.2 Å². The van der Waals surface area contributed by atoms with Crippen molar-refractivity contribution < 1.29 is 24.7 Å². The third kappa shape index (κ3) is 14.4. The van der Waals surface area contributed by atoms with Gasteiger partial charge in [-0.25, -0.2) is 5.06 Å². The number of carbonyl (C=O) groups is 3. The lowest BCUT2D eigenvalue weighted by Gasteiger charge is -2.17. The van der Waals surface area contributed by atoms with Gasteiger partial charge in [-0.3, -0.25) is 19.6 Å². The molecule has 0 aliphatic heterocycles. The van der Waals surface area contributed by atoms with Crippen molar-refractivity contribution in [1.29, 1.82) is 0 Å². The van der Waals surface area contributed by atoms with Crippen molar-refractivity contribution in [3.63, 3.8) is 0 Å². The predicted octanol–water partition coefficient (Wildman–Crippen LogP) is 2.61. The number of amides is 1. The number of carbonyl (C=O) groups excluding carboxylic acids is 3. The fraction of sp³-hybridized carbons (Fsp3) is 0.850. The summed E-state index contributed by atoms with van der Waals surface area (Å²) >= 11 is 0. The number of hydrogen-bond donors (Lipinski definition) is 3. The first-order valence-corrected chi connectivity index (χ1v) is 10.2. The molecule has 0 aromatic rings. The van der Waals surface area contributed by atoms with E-state index in [0.29, 0.717) is 36.0 Å². The van der Waals surface area contributed by atoms with Gasteiger partial charge in [0.15, 0.2) is 0 Å². The van der Waals surface area contributed by atoms with Crippen LogP contribution in [-0.4, -0.2) is 52.0 Å². The molecule has 4 N–H and O–H groups in total. The minimum absolute atomic E-state index is 0.0272. The standard InChI is InChI=1S/C20H38N2O5/c1-16(2)9-7-8-12-17(24)10-5-3-4-6-11-18(25)13-14-22(27)20(26)19(21)15-23/h16,19,23,27H,3-15,21H2,1-2H3. The van der Waals surface area contributed by atoms with E-state index < -0.39 is 18.6 Å². The monoisotopic (exact) mass is 386 g/mol. The summed E-state index contributed by atoms with van der Waals surface area (Å²) in [4.78, 5) is 35.0. The molecule has 1 unspecified atom stereocenters. The van der Waals surface area contributed by atoms with E-state index in [9.17, 15) is 19.6 Å². The Morgan fingerprint density at radius 3 is 1.81 bits per heavy atom. The van der Waals surface area contributed by atoms with Crippen molar-refractivity contribution in [1.82, 2.24) is 5.06 Å². The molecule has 7 heteroatoms. The molecular weight excluding hydrogens is 348 g/mol. The van der Waals surface area contributed by atoms with Crippen LogP contribution in [0.2, 0.25) is 0 Å². The zero-order valence-corrected chi connectivity index (χ0v) is 17.0. The molecule has 0 aromatic carbocycles. The van der Waals surface area contributed by atoms with E-state index in [1.807, 2.05) is 0 Å². The van der Waals surface area contributed by atoms with Crippen LogP contribution >= 0.6 is 0 Å².